The fourth-order valence-electron chi connectivity index (χ4n) is 2.92. The summed E-state index contributed by atoms with van der Waals surface area (Å²) < 4.78 is 5.38. The normalized spacial score (nSPS) is 13.0. The average Bonchev–Trinajstić information content (AvgIpc) is 2.75. The number of carbonyl (C=O) groups excluding carboxylic acids is 2. The van der Waals surface area contributed by atoms with Crippen LogP contribution < -0.4 is 15.2 Å². The predicted molar refractivity (Wildman–Crippen MR) is 111 cm³/mol. The molecule has 1 aliphatic heterocycles. The Bertz CT molecular complexity index is 1140. The van der Waals surface area contributed by atoms with Crippen LogP contribution in [0.3, 0.4) is 0 Å². The highest BCUT2D eigenvalue weighted by Crippen LogP contribution is 2.32. The number of likely N-dealkylation sites (N-methyl/N-ethyl adjacent to an activating group) is 1. The zero-order valence-corrected chi connectivity index (χ0v) is 16.4. The number of Topliss-reactive ketones (excluding diaryl/α,β-unsaturated/α-hetero) is 1. The Morgan fingerprint density at radius 2 is 1.97 bits per heavy atom. The van der Waals surface area contributed by atoms with Crippen LogP contribution >= 0.6 is 11.8 Å². The highest BCUT2D eigenvalue weighted by atomic mass is 32.2. The number of nitrogens with one attached hydrogen (secondary N) is 1. The molecule has 7 nitrogen and oxygen atoms in total. The van der Waals surface area contributed by atoms with Gasteiger partial charge in [0.25, 0.3) is 11.5 Å². The van der Waals surface area contributed by atoms with Gasteiger partial charge in [-0.1, -0.05) is 42.1 Å². The fourth-order valence-corrected chi connectivity index (χ4v) is 3.69. The third kappa shape index (κ3) is 4.07. The van der Waals surface area contributed by atoms with Crippen LogP contribution in [-0.2, 0) is 4.79 Å². The number of hydrogen-bond acceptors (Lipinski definition) is 6. The molecule has 146 valence electrons. The molecule has 8 heteroatoms. The molecule has 0 fully saturated rings. The summed E-state index contributed by atoms with van der Waals surface area (Å²) >= 11 is 1.16. The van der Waals surface area contributed by atoms with Gasteiger partial charge < -0.3 is 14.6 Å². The second-order valence-corrected chi connectivity index (χ2v) is 7.40. The van der Waals surface area contributed by atoms with Gasteiger partial charge in [-0.2, -0.15) is 0 Å². The van der Waals surface area contributed by atoms with Crippen LogP contribution in [0, 0.1) is 0 Å². The summed E-state index contributed by atoms with van der Waals surface area (Å²) in [7, 11) is 1.65. The van der Waals surface area contributed by atoms with Gasteiger partial charge in [-0.3, -0.25) is 14.4 Å². The van der Waals surface area contributed by atoms with Crippen LogP contribution in [0.15, 0.2) is 64.5 Å². The van der Waals surface area contributed by atoms with Crippen LogP contribution in [0.5, 0.6) is 5.75 Å². The lowest BCUT2D eigenvalue weighted by molar-refractivity contribution is -0.120. The molecule has 1 N–H and O–H groups in total. The van der Waals surface area contributed by atoms with E-state index in [-0.39, 0.29) is 29.6 Å². The number of aromatic amines is 1. The first-order valence-electron chi connectivity index (χ1n) is 8.87. The van der Waals surface area contributed by atoms with Gasteiger partial charge in [-0.25, -0.2) is 4.98 Å². The molecule has 3 aromatic rings. The van der Waals surface area contributed by atoms with Gasteiger partial charge in [0.15, 0.2) is 17.5 Å². The molecule has 0 saturated heterocycles. The van der Waals surface area contributed by atoms with E-state index in [1.54, 1.807) is 25.2 Å². The minimum atomic E-state index is -0.278. The number of fused-ring (bicyclic) bond motifs is 1. The van der Waals surface area contributed by atoms with Crippen molar-refractivity contribution in [3.8, 4) is 17.0 Å². The number of nitrogens with zero attached hydrogens (tertiary/aromatic N) is 2. The van der Waals surface area contributed by atoms with E-state index in [1.807, 2.05) is 30.3 Å². The topological polar surface area (TPSA) is 92.4 Å². The third-order valence-electron chi connectivity index (χ3n) is 4.50. The lowest BCUT2D eigenvalue weighted by Gasteiger charge is -2.26. The lowest BCUT2D eigenvalue weighted by Crippen LogP contribution is -2.35. The molecule has 0 saturated carbocycles. The fraction of sp³-hybridized carbons (Fsp3) is 0.143. The summed E-state index contributed by atoms with van der Waals surface area (Å²) in [6.45, 7) is -0.0105. The summed E-state index contributed by atoms with van der Waals surface area (Å²) in [5.41, 5.74) is 2.13. The van der Waals surface area contributed by atoms with Crippen molar-refractivity contribution in [3.05, 3.63) is 70.5 Å². The third-order valence-corrected chi connectivity index (χ3v) is 5.37. The molecule has 4 rings (SSSR count). The zero-order valence-electron chi connectivity index (χ0n) is 15.5. The van der Waals surface area contributed by atoms with Gasteiger partial charge in [0.05, 0.1) is 17.1 Å². The Hall–Kier alpha value is -3.39. The number of carbonyl (C=O) groups is 2. The van der Waals surface area contributed by atoms with Gasteiger partial charge in [0.2, 0.25) is 0 Å². The molecule has 29 heavy (non-hydrogen) atoms. The van der Waals surface area contributed by atoms with E-state index < -0.39 is 0 Å². The zero-order chi connectivity index (χ0) is 20.4. The van der Waals surface area contributed by atoms with Crippen molar-refractivity contribution in [1.82, 2.24) is 9.97 Å². The number of benzene rings is 2. The molecule has 1 aliphatic rings. The van der Waals surface area contributed by atoms with Crippen LogP contribution in [-0.4, -0.2) is 41.1 Å². The van der Waals surface area contributed by atoms with E-state index >= 15 is 0 Å². The molecule has 1 aromatic heterocycles. The smallest absolute Gasteiger partial charge is 0.264 e. The Labute approximate surface area is 170 Å². The highest BCUT2D eigenvalue weighted by Gasteiger charge is 2.23. The van der Waals surface area contributed by atoms with Crippen LogP contribution in [0.2, 0.25) is 0 Å². The molecular formula is C21H17N3O4S. The van der Waals surface area contributed by atoms with Crippen LogP contribution in [0.1, 0.15) is 10.4 Å². The SMILES string of the molecule is CN1C(=O)COc2ccc(C(=O)CSc3nc(-c4ccccc4)cc(=O)[nH]3)cc21. The van der Waals surface area contributed by atoms with E-state index in [2.05, 4.69) is 9.97 Å². The first-order chi connectivity index (χ1) is 14.0. The van der Waals surface area contributed by atoms with Crippen molar-refractivity contribution in [3.63, 3.8) is 0 Å². The summed E-state index contributed by atoms with van der Waals surface area (Å²) in [5.74, 6) is 0.351. The van der Waals surface area contributed by atoms with Crippen molar-refractivity contribution < 1.29 is 14.3 Å². The van der Waals surface area contributed by atoms with E-state index in [0.29, 0.717) is 27.9 Å². The van der Waals surface area contributed by atoms with E-state index in [1.165, 1.54) is 11.0 Å². The first-order valence-corrected chi connectivity index (χ1v) is 9.86. The number of aromatic nitrogens is 2. The molecule has 1 amide bonds. The maximum Gasteiger partial charge on any atom is 0.264 e. The summed E-state index contributed by atoms with van der Waals surface area (Å²) in [4.78, 5) is 45.0. The standard InChI is InChI=1S/C21H17N3O4S/c1-24-16-9-14(7-8-18(16)28-11-20(24)27)17(25)12-29-21-22-15(10-19(26)23-21)13-5-3-2-4-6-13/h2-10H,11-12H2,1H3,(H,22,23,26). The van der Waals surface area contributed by atoms with Gasteiger partial charge in [0, 0.05) is 24.2 Å². The first kappa shape index (κ1) is 18.9. The molecule has 0 aliphatic carbocycles. The largest absolute Gasteiger partial charge is 0.482 e. The summed E-state index contributed by atoms with van der Waals surface area (Å²) in [5, 5.41) is 0.373. The summed E-state index contributed by atoms with van der Waals surface area (Å²) in [6, 6.07) is 15.8. The molecule has 2 aromatic carbocycles. The van der Waals surface area contributed by atoms with Crippen molar-refractivity contribution >= 4 is 29.1 Å². The Balaban J connectivity index is 1.51. The number of ketones is 1. The summed E-state index contributed by atoms with van der Waals surface area (Å²) in [6.07, 6.45) is 0. The van der Waals surface area contributed by atoms with E-state index in [4.69, 9.17) is 4.74 Å². The maximum atomic E-state index is 12.6. The molecule has 2 heterocycles. The van der Waals surface area contributed by atoms with Gasteiger partial charge >= 0.3 is 0 Å². The number of rotatable bonds is 5. The number of hydrogen-bond donors (Lipinski definition) is 1. The second-order valence-electron chi connectivity index (χ2n) is 6.44. The number of amides is 1. The lowest BCUT2D eigenvalue weighted by atomic mass is 10.1. The molecule has 0 unspecified atom stereocenters. The Morgan fingerprint density at radius 1 is 1.17 bits per heavy atom. The predicted octanol–water partition coefficient (Wildman–Crippen LogP) is 2.77. The molecule has 0 spiro atoms. The minimum Gasteiger partial charge on any atom is -0.482 e. The second kappa shape index (κ2) is 7.92. The number of thioether (sulfide) groups is 1. The number of anilines is 1. The van der Waals surface area contributed by atoms with Crippen molar-refractivity contribution in [2.45, 2.75) is 5.16 Å². The van der Waals surface area contributed by atoms with Crippen molar-refractivity contribution in [2.75, 3.05) is 24.3 Å². The molecule has 0 radical (unpaired) electrons. The maximum absolute atomic E-state index is 12.6. The minimum absolute atomic E-state index is 0.0105. The monoisotopic (exact) mass is 407 g/mol. The number of ether oxygens (including phenoxy) is 1. The van der Waals surface area contributed by atoms with Crippen LogP contribution in [0.4, 0.5) is 5.69 Å². The number of H-pyrrole nitrogens is 1. The highest BCUT2D eigenvalue weighted by molar-refractivity contribution is 7.99. The van der Waals surface area contributed by atoms with Crippen LogP contribution in [0.25, 0.3) is 11.3 Å². The van der Waals surface area contributed by atoms with Gasteiger partial charge in [-0.05, 0) is 18.2 Å². The molecular weight excluding hydrogens is 390 g/mol. The van der Waals surface area contributed by atoms with E-state index in [0.717, 1.165) is 17.3 Å². The van der Waals surface area contributed by atoms with Crippen molar-refractivity contribution in [2.24, 2.45) is 0 Å². The van der Waals surface area contributed by atoms with Gasteiger partial charge in [0.1, 0.15) is 5.75 Å². The average molecular weight is 407 g/mol. The van der Waals surface area contributed by atoms with Gasteiger partial charge in [-0.15, -0.1) is 0 Å². The quantitative estimate of drug-likeness (QED) is 0.397. The Morgan fingerprint density at radius 3 is 2.76 bits per heavy atom. The molecule has 0 bridgehead atoms. The van der Waals surface area contributed by atoms with Crippen molar-refractivity contribution in [1.29, 1.82) is 0 Å². The van der Waals surface area contributed by atoms with E-state index in [9.17, 15) is 14.4 Å². The Kier molecular flexibility index (Phi) is 5.18. The molecule has 0 atom stereocenters.